The van der Waals surface area contributed by atoms with E-state index < -0.39 is 10.0 Å². The second-order valence-corrected chi connectivity index (χ2v) is 6.94. The summed E-state index contributed by atoms with van der Waals surface area (Å²) in [7, 11) is -3.34. The van der Waals surface area contributed by atoms with Gasteiger partial charge in [0.05, 0.1) is 18.9 Å². The third-order valence-electron chi connectivity index (χ3n) is 3.06. The summed E-state index contributed by atoms with van der Waals surface area (Å²) < 4.78 is 31.8. The molecular formula is C16H28N4O3S. The van der Waals surface area contributed by atoms with E-state index in [4.69, 9.17) is 4.74 Å². The quantitative estimate of drug-likeness (QED) is 0.308. The fourth-order valence-electron chi connectivity index (χ4n) is 1.87. The summed E-state index contributed by atoms with van der Waals surface area (Å²) in [6, 6.07) is 9.43. The molecule has 0 bridgehead atoms. The van der Waals surface area contributed by atoms with E-state index >= 15 is 0 Å². The lowest BCUT2D eigenvalue weighted by molar-refractivity contribution is 0.155. The van der Waals surface area contributed by atoms with Crippen molar-refractivity contribution in [3.63, 3.8) is 0 Å². The molecule has 0 radical (unpaired) electrons. The van der Waals surface area contributed by atoms with Crippen LogP contribution in [0.25, 0.3) is 0 Å². The molecule has 0 aromatic heterocycles. The first kappa shape index (κ1) is 20.4. The number of benzene rings is 1. The first-order valence-corrected chi connectivity index (χ1v) is 9.83. The largest absolute Gasteiger partial charge is 0.380 e. The Bertz CT molecular complexity index is 576. The average Bonchev–Trinajstić information content (AvgIpc) is 2.58. The van der Waals surface area contributed by atoms with Crippen LogP contribution in [0.3, 0.4) is 0 Å². The summed E-state index contributed by atoms with van der Waals surface area (Å²) >= 11 is 0. The number of rotatable bonds is 11. The number of ether oxygens (including phenoxy) is 1. The SMILES string of the molecule is CCNC(=NCCOCC)NCCS(=O)(=O)NCc1ccccc1. The average molecular weight is 356 g/mol. The van der Waals surface area contributed by atoms with Gasteiger partial charge in [0, 0.05) is 26.2 Å². The summed E-state index contributed by atoms with van der Waals surface area (Å²) in [5.74, 6) is 0.575. The molecule has 0 aliphatic heterocycles. The first-order valence-electron chi connectivity index (χ1n) is 8.18. The summed E-state index contributed by atoms with van der Waals surface area (Å²) in [5, 5.41) is 6.09. The van der Waals surface area contributed by atoms with Gasteiger partial charge in [0.25, 0.3) is 0 Å². The zero-order valence-corrected chi connectivity index (χ0v) is 15.2. The molecule has 0 saturated heterocycles. The molecule has 0 aliphatic rings. The number of sulfonamides is 1. The van der Waals surface area contributed by atoms with Crippen molar-refractivity contribution in [2.75, 3.05) is 38.6 Å². The molecule has 0 spiro atoms. The van der Waals surface area contributed by atoms with Gasteiger partial charge >= 0.3 is 0 Å². The molecule has 24 heavy (non-hydrogen) atoms. The van der Waals surface area contributed by atoms with Crippen LogP contribution in [0.2, 0.25) is 0 Å². The highest BCUT2D eigenvalue weighted by Crippen LogP contribution is 1.98. The maximum Gasteiger partial charge on any atom is 0.213 e. The van der Waals surface area contributed by atoms with E-state index in [-0.39, 0.29) is 12.3 Å². The Hall–Kier alpha value is -1.64. The van der Waals surface area contributed by atoms with E-state index in [1.165, 1.54) is 0 Å². The van der Waals surface area contributed by atoms with E-state index in [1.54, 1.807) is 0 Å². The van der Waals surface area contributed by atoms with Crippen LogP contribution < -0.4 is 15.4 Å². The Morgan fingerprint density at radius 2 is 1.92 bits per heavy atom. The summed E-state index contributed by atoms with van der Waals surface area (Å²) in [5.41, 5.74) is 0.930. The Labute approximate surface area is 145 Å². The van der Waals surface area contributed by atoms with Crippen LogP contribution >= 0.6 is 0 Å². The standard InChI is InChI=1S/C16H28N4O3S/c1-3-17-16(18-10-12-23-4-2)19-11-13-24(21,22)20-14-15-8-6-5-7-9-15/h5-9,20H,3-4,10-14H2,1-2H3,(H2,17,18,19). The number of hydrogen-bond acceptors (Lipinski definition) is 4. The summed E-state index contributed by atoms with van der Waals surface area (Å²) in [6.45, 7) is 6.91. The van der Waals surface area contributed by atoms with Gasteiger partial charge < -0.3 is 15.4 Å². The molecule has 3 N–H and O–H groups in total. The molecule has 0 amide bonds. The summed E-state index contributed by atoms with van der Waals surface area (Å²) in [6.07, 6.45) is 0. The maximum absolute atomic E-state index is 12.0. The fourth-order valence-corrected chi connectivity index (χ4v) is 2.77. The number of nitrogens with one attached hydrogen (secondary N) is 3. The van der Waals surface area contributed by atoms with Crippen LogP contribution in [-0.2, 0) is 21.3 Å². The minimum absolute atomic E-state index is 0.0181. The lowest BCUT2D eigenvalue weighted by atomic mass is 10.2. The number of hydrogen-bond donors (Lipinski definition) is 3. The van der Waals surface area contributed by atoms with Crippen LogP contribution in [0.15, 0.2) is 35.3 Å². The Balaban J connectivity index is 2.36. The molecule has 136 valence electrons. The lowest BCUT2D eigenvalue weighted by Crippen LogP contribution is -2.41. The van der Waals surface area contributed by atoms with E-state index in [1.807, 2.05) is 44.2 Å². The van der Waals surface area contributed by atoms with Gasteiger partial charge in [0.15, 0.2) is 5.96 Å². The Morgan fingerprint density at radius 3 is 2.58 bits per heavy atom. The zero-order valence-electron chi connectivity index (χ0n) is 14.4. The Morgan fingerprint density at radius 1 is 1.17 bits per heavy atom. The monoisotopic (exact) mass is 356 g/mol. The van der Waals surface area contributed by atoms with Gasteiger partial charge in [-0.15, -0.1) is 0 Å². The number of guanidine groups is 1. The molecule has 1 aromatic carbocycles. The normalized spacial score (nSPS) is 12.2. The molecule has 0 saturated carbocycles. The third-order valence-corrected chi connectivity index (χ3v) is 4.38. The van der Waals surface area contributed by atoms with Crippen molar-refractivity contribution in [1.82, 2.24) is 15.4 Å². The lowest BCUT2D eigenvalue weighted by Gasteiger charge is -2.12. The highest BCUT2D eigenvalue weighted by atomic mass is 32.2. The van der Waals surface area contributed by atoms with Gasteiger partial charge in [-0.25, -0.2) is 13.1 Å². The minimum Gasteiger partial charge on any atom is -0.380 e. The number of aliphatic imine (C=N–C) groups is 1. The van der Waals surface area contributed by atoms with Crippen LogP contribution in [-0.4, -0.2) is 53.0 Å². The van der Waals surface area contributed by atoms with Crippen LogP contribution in [0.4, 0.5) is 0 Å². The highest BCUT2D eigenvalue weighted by molar-refractivity contribution is 7.89. The van der Waals surface area contributed by atoms with Gasteiger partial charge in [0.1, 0.15) is 0 Å². The second-order valence-electron chi connectivity index (χ2n) is 5.01. The predicted octanol–water partition coefficient (Wildman–Crippen LogP) is 0.698. The van der Waals surface area contributed by atoms with Crippen molar-refractivity contribution in [1.29, 1.82) is 0 Å². The number of nitrogens with zero attached hydrogens (tertiary/aromatic N) is 1. The van der Waals surface area contributed by atoms with Crippen molar-refractivity contribution in [3.05, 3.63) is 35.9 Å². The first-order chi connectivity index (χ1) is 11.6. The molecule has 7 nitrogen and oxygen atoms in total. The van der Waals surface area contributed by atoms with Gasteiger partial charge in [0.2, 0.25) is 10.0 Å². The predicted molar refractivity (Wildman–Crippen MR) is 97.5 cm³/mol. The van der Waals surface area contributed by atoms with Gasteiger partial charge in [-0.2, -0.15) is 0 Å². The molecule has 0 aliphatic carbocycles. The maximum atomic E-state index is 12.0. The van der Waals surface area contributed by atoms with E-state index in [0.717, 1.165) is 5.56 Å². The van der Waals surface area contributed by atoms with Crippen LogP contribution in [0.1, 0.15) is 19.4 Å². The highest BCUT2D eigenvalue weighted by Gasteiger charge is 2.10. The zero-order chi connectivity index (χ0) is 17.7. The van der Waals surface area contributed by atoms with E-state index in [9.17, 15) is 8.42 Å². The van der Waals surface area contributed by atoms with Crippen LogP contribution in [0.5, 0.6) is 0 Å². The fraction of sp³-hybridized carbons (Fsp3) is 0.562. The van der Waals surface area contributed by atoms with Crippen molar-refractivity contribution in [3.8, 4) is 0 Å². The van der Waals surface area contributed by atoms with E-state index in [2.05, 4.69) is 20.3 Å². The van der Waals surface area contributed by atoms with Crippen molar-refractivity contribution in [2.45, 2.75) is 20.4 Å². The molecule has 8 heteroatoms. The second kappa shape index (κ2) is 11.8. The van der Waals surface area contributed by atoms with Crippen molar-refractivity contribution < 1.29 is 13.2 Å². The molecule has 1 aromatic rings. The molecule has 0 heterocycles. The molecule has 0 fully saturated rings. The third kappa shape index (κ3) is 9.49. The van der Waals surface area contributed by atoms with Crippen LogP contribution in [0, 0.1) is 0 Å². The summed E-state index contributed by atoms with van der Waals surface area (Å²) in [4.78, 5) is 4.32. The van der Waals surface area contributed by atoms with Gasteiger partial charge in [-0.3, -0.25) is 4.99 Å². The van der Waals surface area contributed by atoms with E-state index in [0.29, 0.717) is 38.8 Å². The minimum atomic E-state index is -3.34. The van der Waals surface area contributed by atoms with Crippen molar-refractivity contribution in [2.24, 2.45) is 4.99 Å². The molecule has 0 atom stereocenters. The molecular weight excluding hydrogens is 328 g/mol. The Kier molecular flexibility index (Phi) is 10.1. The molecule has 0 unspecified atom stereocenters. The topological polar surface area (TPSA) is 91.8 Å². The molecule has 1 rings (SSSR count). The smallest absolute Gasteiger partial charge is 0.213 e. The van der Waals surface area contributed by atoms with Gasteiger partial charge in [-0.05, 0) is 19.4 Å². The van der Waals surface area contributed by atoms with Crippen molar-refractivity contribution >= 4 is 16.0 Å². The van der Waals surface area contributed by atoms with Gasteiger partial charge in [-0.1, -0.05) is 30.3 Å².